The van der Waals surface area contributed by atoms with Crippen molar-refractivity contribution in [3.05, 3.63) is 24.2 Å². The summed E-state index contributed by atoms with van der Waals surface area (Å²) in [5.41, 5.74) is -1.39. The number of nitrogens with zero attached hydrogens (tertiary/aromatic N) is 4. The minimum absolute atomic E-state index is 0.160. The number of likely N-dealkylation sites (N-methyl/N-ethyl adjacent to an activating group) is 1. The number of halogens is 3. The van der Waals surface area contributed by atoms with E-state index in [4.69, 9.17) is 0 Å². The second-order valence-electron chi connectivity index (χ2n) is 5.14. The van der Waals surface area contributed by atoms with Gasteiger partial charge in [-0.25, -0.2) is 9.50 Å². The summed E-state index contributed by atoms with van der Waals surface area (Å²) in [6.07, 6.45) is -1.78. The molecule has 0 saturated heterocycles. The first-order valence-corrected chi connectivity index (χ1v) is 5.93. The Kier molecular flexibility index (Phi) is 3.37. The molecule has 2 heterocycles. The maximum Gasteiger partial charge on any atom is 0.435 e. The van der Waals surface area contributed by atoms with Crippen LogP contribution in [-0.2, 0) is 6.18 Å². The molecule has 0 aliphatic rings. The zero-order valence-electron chi connectivity index (χ0n) is 11.3. The van der Waals surface area contributed by atoms with Gasteiger partial charge in [0.05, 0.1) is 12.1 Å². The van der Waals surface area contributed by atoms with Crippen LogP contribution in [0.15, 0.2) is 18.5 Å². The van der Waals surface area contributed by atoms with E-state index >= 15 is 0 Å². The van der Waals surface area contributed by atoms with E-state index in [0.717, 1.165) is 10.6 Å². The molecule has 2 aromatic rings. The Bertz CT molecular complexity index is 621. The number of alkyl halides is 3. The van der Waals surface area contributed by atoms with Gasteiger partial charge in [0.2, 0.25) is 0 Å². The molecule has 0 aromatic carbocycles. The molecule has 0 fully saturated rings. The van der Waals surface area contributed by atoms with Crippen molar-refractivity contribution in [2.24, 2.45) is 0 Å². The lowest BCUT2D eigenvalue weighted by atomic mass is 10.1. The van der Waals surface area contributed by atoms with E-state index in [9.17, 15) is 18.3 Å². The molecular formula is C12H15F3N4O. The van der Waals surface area contributed by atoms with E-state index < -0.39 is 17.4 Å². The molecule has 2 rings (SSSR count). The molecule has 0 spiro atoms. The van der Waals surface area contributed by atoms with Crippen molar-refractivity contribution in [3.8, 4) is 0 Å². The first kappa shape index (κ1) is 14.6. The second-order valence-corrected chi connectivity index (χ2v) is 5.14. The third kappa shape index (κ3) is 2.43. The van der Waals surface area contributed by atoms with Gasteiger partial charge >= 0.3 is 6.18 Å². The topological polar surface area (TPSA) is 53.7 Å². The van der Waals surface area contributed by atoms with Crippen LogP contribution in [0, 0.1) is 0 Å². The van der Waals surface area contributed by atoms with Crippen LogP contribution in [0.5, 0.6) is 0 Å². The lowest BCUT2D eigenvalue weighted by Gasteiger charge is -2.35. The Morgan fingerprint density at radius 1 is 1.35 bits per heavy atom. The van der Waals surface area contributed by atoms with Gasteiger partial charge in [-0.15, -0.1) is 0 Å². The summed E-state index contributed by atoms with van der Waals surface area (Å²) in [4.78, 5) is 5.73. The van der Waals surface area contributed by atoms with Crippen molar-refractivity contribution in [1.29, 1.82) is 0 Å². The van der Waals surface area contributed by atoms with Crippen LogP contribution in [0.1, 0.15) is 19.5 Å². The van der Waals surface area contributed by atoms with E-state index in [0.29, 0.717) is 5.82 Å². The maximum absolute atomic E-state index is 12.7. The van der Waals surface area contributed by atoms with Crippen LogP contribution >= 0.6 is 0 Å². The highest BCUT2D eigenvalue weighted by atomic mass is 19.4. The summed E-state index contributed by atoms with van der Waals surface area (Å²) >= 11 is 0. The summed E-state index contributed by atoms with van der Waals surface area (Å²) in [7, 11) is 1.67. The normalized spacial score (nSPS) is 12.9. The van der Waals surface area contributed by atoms with E-state index in [1.807, 2.05) is 0 Å². The first-order valence-electron chi connectivity index (χ1n) is 5.93. The molecule has 0 amide bonds. The smallest absolute Gasteiger partial charge is 0.394 e. The van der Waals surface area contributed by atoms with Gasteiger partial charge in [0, 0.05) is 25.5 Å². The molecule has 0 saturated carbocycles. The molecule has 1 N–H and O–H groups in total. The molecule has 20 heavy (non-hydrogen) atoms. The summed E-state index contributed by atoms with van der Waals surface area (Å²) in [5, 5.41) is 12.9. The molecule has 8 heteroatoms. The fourth-order valence-corrected chi connectivity index (χ4v) is 1.70. The standard InChI is InChI=1S/C12H15F3N4O/c1-11(2,7-20)18(3)10-8-6-9(12(13,14)15)17-19(8)5-4-16-10/h4-6,20H,7H2,1-3H3. The number of hydrogen-bond donors (Lipinski definition) is 1. The quantitative estimate of drug-likeness (QED) is 0.938. The molecule has 0 aliphatic carbocycles. The van der Waals surface area contributed by atoms with Crippen LogP contribution in [0.4, 0.5) is 19.0 Å². The summed E-state index contributed by atoms with van der Waals surface area (Å²) in [5.74, 6) is 0.328. The third-order valence-electron chi connectivity index (χ3n) is 3.27. The molecule has 0 aliphatic heterocycles. The van der Waals surface area contributed by atoms with Gasteiger partial charge in [-0.05, 0) is 13.8 Å². The molecule has 0 atom stereocenters. The van der Waals surface area contributed by atoms with Crippen molar-refractivity contribution >= 4 is 11.3 Å². The number of fused-ring (bicyclic) bond motifs is 1. The van der Waals surface area contributed by atoms with Crippen molar-refractivity contribution < 1.29 is 18.3 Å². The minimum atomic E-state index is -4.51. The second kappa shape index (κ2) is 4.62. The largest absolute Gasteiger partial charge is 0.435 e. The molecule has 0 bridgehead atoms. The number of rotatable bonds is 3. The fourth-order valence-electron chi connectivity index (χ4n) is 1.70. The third-order valence-corrected chi connectivity index (χ3v) is 3.27. The van der Waals surface area contributed by atoms with E-state index in [1.165, 1.54) is 12.4 Å². The SMILES string of the molecule is CN(c1nccn2nc(C(F)(F)F)cc12)C(C)(C)CO. The number of aromatic nitrogens is 3. The van der Waals surface area contributed by atoms with Crippen LogP contribution < -0.4 is 4.90 Å². The minimum Gasteiger partial charge on any atom is -0.394 e. The van der Waals surface area contributed by atoms with Crippen molar-refractivity contribution in [2.75, 3.05) is 18.6 Å². The Morgan fingerprint density at radius 2 is 2.00 bits per heavy atom. The molecular weight excluding hydrogens is 273 g/mol. The zero-order valence-corrected chi connectivity index (χ0v) is 11.3. The number of hydrogen-bond acceptors (Lipinski definition) is 4. The van der Waals surface area contributed by atoms with Crippen molar-refractivity contribution in [1.82, 2.24) is 14.6 Å². The van der Waals surface area contributed by atoms with Crippen LogP contribution in [0.2, 0.25) is 0 Å². The van der Waals surface area contributed by atoms with Gasteiger partial charge in [-0.2, -0.15) is 18.3 Å². The molecule has 110 valence electrons. The average Bonchev–Trinajstić information content (AvgIpc) is 2.81. The van der Waals surface area contributed by atoms with Crippen LogP contribution in [0.25, 0.3) is 5.52 Å². The van der Waals surface area contributed by atoms with E-state index in [1.54, 1.807) is 25.8 Å². The summed E-state index contributed by atoms with van der Waals surface area (Å²) < 4.78 is 39.3. The number of aliphatic hydroxyl groups excluding tert-OH is 1. The zero-order chi connectivity index (χ0) is 15.1. The Hall–Kier alpha value is -1.83. The van der Waals surface area contributed by atoms with Crippen molar-refractivity contribution in [3.63, 3.8) is 0 Å². The van der Waals surface area contributed by atoms with Gasteiger partial charge in [0.1, 0.15) is 5.52 Å². The van der Waals surface area contributed by atoms with Crippen LogP contribution in [-0.4, -0.2) is 38.9 Å². The summed E-state index contributed by atoms with van der Waals surface area (Å²) in [6.45, 7) is 3.37. The highest BCUT2D eigenvalue weighted by Crippen LogP contribution is 2.31. The maximum atomic E-state index is 12.7. The molecule has 0 radical (unpaired) electrons. The molecule has 0 unspecified atom stereocenters. The lowest BCUT2D eigenvalue weighted by Crippen LogP contribution is -2.45. The number of anilines is 1. The van der Waals surface area contributed by atoms with E-state index in [2.05, 4.69) is 10.1 Å². The monoisotopic (exact) mass is 288 g/mol. The fraction of sp³-hybridized carbons (Fsp3) is 0.500. The van der Waals surface area contributed by atoms with Gasteiger partial charge in [0.25, 0.3) is 0 Å². The van der Waals surface area contributed by atoms with Crippen LogP contribution in [0.3, 0.4) is 0 Å². The Morgan fingerprint density at radius 3 is 2.55 bits per heavy atom. The Balaban J connectivity index is 2.58. The summed E-state index contributed by atoms with van der Waals surface area (Å²) in [6, 6.07) is 0.951. The highest BCUT2D eigenvalue weighted by Gasteiger charge is 2.35. The number of aliphatic hydroxyl groups is 1. The molecule has 5 nitrogen and oxygen atoms in total. The van der Waals surface area contributed by atoms with Gasteiger partial charge in [-0.1, -0.05) is 0 Å². The van der Waals surface area contributed by atoms with Gasteiger partial charge in [-0.3, -0.25) is 0 Å². The van der Waals surface area contributed by atoms with Gasteiger partial charge in [0.15, 0.2) is 11.5 Å². The molecule has 2 aromatic heterocycles. The first-order chi connectivity index (χ1) is 9.16. The lowest BCUT2D eigenvalue weighted by molar-refractivity contribution is -0.141. The van der Waals surface area contributed by atoms with Gasteiger partial charge < -0.3 is 10.0 Å². The van der Waals surface area contributed by atoms with E-state index in [-0.39, 0.29) is 12.1 Å². The average molecular weight is 288 g/mol. The Labute approximate surface area is 113 Å². The predicted octanol–water partition coefficient (Wildman–Crippen LogP) is 1.96. The predicted molar refractivity (Wildman–Crippen MR) is 67.6 cm³/mol. The highest BCUT2D eigenvalue weighted by molar-refractivity contribution is 5.69. The van der Waals surface area contributed by atoms with Crippen molar-refractivity contribution in [2.45, 2.75) is 25.6 Å².